The van der Waals surface area contributed by atoms with Gasteiger partial charge in [-0.15, -0.1) is 11.3 Å². The minimum Gasteiger partial charge on any atom is -0.487 e. The fourth-order valence-corrected chi connectivity index (χ4v) is 3.79. The first-order chi connectivity index (χ1) is 9.44. The zero-order valence-electron chi connectivity index (χ0n) is 11.5. The molecule has 1 aromatic heterocycles. The molecule has 1 aliphatic heterocycles. The van der Waals surface area contributed by atoms with Crippen molar-refractivity contribution in [2.75, 3.05) is 0 Å². The van der Waals surface area contributed by atoms with Crippen LogP contribution in [0.3, 0.4) is 0 Å². The summed E-state index contributed by atoms with van der Waals surface area (Å²) in [5.74, 6) is 0.854. The van der Waals surface area contributed by atoms with E-state index in [1.54, 1.807) is 0 Å². The Morgan fingerprint density at radius 3 is 2.85 bits per heavy atom. The van der Waals surface area contributed by atoms with Crippen LogP contribution in [0, 0.1) is 0 Å². The Morgan fingerprint density at radius 1 is 1.35 bits per heavy atom. The van der Waals surface area contributed by atoms with Crippen LogP contribution in [0.25, 0.3) is 0 Å². The quantitative estimate of drug-likeness (QED) is 0.911. The molecule has 0 saturated carbocycles. The summed E-state index contributed by atoms with van der Waals surface area (Å²) in [5.41, 5.74) is 1.86. The van der Waals surface area contributed by atoms with Gasteiger partial charge in [0.2, 0.25) is 0 Å². The maximum atomic E-state index is 10.5. The Labute approximate surface area is 128 Å². The highest BCUT2D eigenvalue weighted by molar-refractivity contribution is 7.16. The molecule has 3 rings (SSSR count). The minimum atomic E-state index is -0.562. The van der Waals surface area contributed by atoms with Gasteiger partial charge in [-0.2, -0.15) is 0 Å². The van der Waals surface area contributed by atoms with Crippen LogP contribution in [0.2, 0.25) is 4.34 Å². The third-order valence-corrected chi connectivity index (χ3v) is 4.76. The summed E-state index contributed by atoms with van der Waals surface area (Å²) in [7, 11) is 0. The van der Waals surface area contributed by atoms with Gasteiger partial charge in [-0.05, 0) is 31.5 Å². The van der Waals surface area contributed by atoms with Crippen LogP contribution >= 0.6 is 22.9 Å². The van der Waals surface area contributed by atoms with E-state index in [-0.39, 0.29) is 5.60 Å². The topological polar surface area (TPSA) is 29.5 Å². The fraction of sp³-hybridized carbons (Fsp3) is 0.375. The second-order valence-corrected chi connectivity index (χ2v) is 7.60. The van der Waals surface area contributed by atoms with Crippen molar-refractivity contribution in [3.63, 3.8) is 0 Å². The summed E-state index contributed by atoms with van der Waals surface area (Å²) < 4.78 is 6.76. The molecule has 4 heteroatoms. The Morgan fingerprint density at radius 2 is 2.15 bits per heavy atom. The highest BCUT2D eigenvalue weighted by Crippen LogP contribution is 2.41. The van der Waals surface area contributed by atoms with E-state index in [1.807, 2.05) is 24.3 Å². The van der Waals surface area contributed by atoms with Crippen molar-refractivity contribution in [1.82, 2.24) is 0 Å². The maximum Gasteiger partial charge on any atom is 0.129 e. The van der Waals surface area contributed by atoms with Crippen LogP contribution in [0.1, 0.15) is 36.0 Å². The Balaban J connectivity index is 1.86. The number of hydrogen-bond donors (Lipinski definition) is 1. The normalized spacial score (nSPS) is 17.6. The number of thiophene rings is 1. The summed E-state index contributed by atoms with van der Waals surface area (Å²) in [4.78, 5) is 1.08. The van der Waals surface area contributed by atoms with E-state index in [0.29, 0.717) is 6.42 Å². The third-order valence-electron chi connectivity index (χ3n) is 3.50. The predicted octanol–water partition coefficient (Wildman–Crippen LogP) is 4.39. The smallest absolute Gasteiger partial charge is 0.129 e. The molecule has 1 atom stereocenters. The molecular formula is C16H17ClO2S. The van der Waals surface area contributed by atoms with Gasteiger partial charge in [0.15, 0.2) is 0 Å². The average molecular weight is 309 g/mol. The van der Waals surface area contributed by atoms with E-state index in [0.717, 1.165) is 26.9 Å². The molecule has 2 nitrogen and oxygen atoms in total. The standard InChI is InChI=1S/C16H17ClO2S/c1-16(2)9-10-4-3-5-12(15(10)19-16)13(18)8-11-6-7-14(17)20-11/h3-7,13,18H,8-9H2,1-2H3. The van der Waals surface area contributed by atoms with Gasteiger partial charge in [0, 0.05) is 23.3 Å². The average Bonchev–Trinajstić information content (AvgIpc) is 2.89. The van der Waals surface area contributed by atoms with E-state index >= 15 is 0 Å². The monoisotopic (exact) mass is 308 g/mol. The first-order valence-electron chi connectivity index (χ1n) is 6.68. The van der Waals surface area contributed by atoms with Gasteiger partial charge >= 0.3 is 0 Å². The zero-order chi connectivity index (χ0) is 14.3. The molecule has 2 aromatic rings. The van der Waals surface area contributed by atoms with Crippen molar-refractivity contribution >= 4 is 22.9 Å². The van der Waals surface area contributed by atoms with E-state index < -0.39 is 6.10 Å². The third kappa shape index (κ3) is 2.71. The number of aliphatic hydroxyl groups excluding tert-OH is 1. The number of ether oxygens (including phenoxy) is 1. The van der Waals surface area contributed by atoms with Crippen LogP contribution in [0.4, 0.5) is 0 Å². The molecule has 1 aromatic carbocycles. The van der Waals surface area contributed by atoms with Gasteiger partial charge < -0.3 is 9.84 Å². The molecule has 1 aliphatic rings. The van der Waals surface area contributed by atoms with E-state index in [1.165, 1.54) is 16.9 Å². The first kappa shape index (κ1) is 13.9. The van der Waals surface area contributed by atoms with Crippen LogP contribution in [-0.2, 0) is 12.8 Å². The molecule has 0 amide bonds. The molecule has 1 N–H and O–H groups in total. The molecule has 0 fully saturated rings. The van der Waals surface area contributed by atoms with Crippen LogP contribution in [0.5, 0.6) is 5.75 Å². The molecular weight excluding hydrogens is 292 g/mol. The molecule has 1 unspecified atom stereocenters. The maximum absolute atomic E-state index is 10.5. The molecule has 0 saturated heterocycles. The summed E-state index contributed by atoms with van der Waals surface area (Å²) >= 11 is 7.44. The van der Waals surface area contributed by atoms with E-state index in [4.69, 9.17) is 16.3 Å². The number of hydrogen-bond acceptors (Lipinski definition) is 3. The van der Waals surface area contributed by atoms with Crippen molar-refractivity contribution in [3.8, 4) is 5.75 Å². The zero-order valence-corrected chi connectivity index (χ0v) is 13.1. The molecule has 0 bridgehead atoms. The minimum absolute atomic E-state index is 0.190. The van der Waals surface area contributed by atoms with Crippen LogP contribution < -0.4 is 4.74 Å². The van der Waals surface area contributed by atoms with Gasteiger partial charge in [-0.1, -0.05) is 29.8 Å². The van der Waals surface area contributed by atoms with Gasteiger partial charge in [0.25, 0.3) is 0 Å². The summed E-state index contributed by atoms with van der Waals surface area (Å²) in [5, 5.41) is 10.5. The summed E-state index contributed by atoms with van der Waals surface area (Å²) in [6.07, 6.45) is 0.888. The van der Waals surface area contributed by atoms with Crippen molar-refractivity contribution in [1.29, 1.82) is 0 Å². The highest BCUT2D eigenvalue weighted by Gasteiger charge is 2.32. The lowest BCUT2D eigenvalue weighted by atomic mass is 9.98. The van der Waals surface area contributed by atoms with Crippen molar-refractivity contribution in [2.24, 2.45) is 0 Å². The molecule has 2 heterocycles. The van der Waals surface area contributed by atoms with Crippen molar-refractivity contribution in [2.45, 2.75) is 38.4 Å². The Kier molecular flexibility index (Phi) is 3.53. The first-order valence-corrected chi connectivity index (χ1v) is 7.87. The number of aliphatic hydroxyl groups is 1. The Hall–Kier alpha value is -1.03. The SMILES string of the molecule is CC1(C)Cc2cccc(C(O)Cc3ccc(Cl)s3)c2O1. The van der Waals surface area contributed by atoms with E-state index in [9.17, 15) is 5.11 Å². The second kappa shape index (κ2) is 5.06. The van der Waals surface area contributed by atoms with Crippen LogP contribution in [-0.4, -0.2) is 10.7 Å². The highest BCUT2D eigenvalue weighted by atomic mass is 35.5. The predicted molar refractivity (Wildman–Crippen MR) is 82.8 cm³/mol. The van der Waals surface area contributed by atoms with Gasteiger partial charge in [0.05, 0.1) is 10.4 Å². The molecule has 0 spiro atoms. The fourth-order valence-electron chi connectivity index (χ4n) is 2.66. The lowest BCUT2D eigenvalue weighted by molar-refractivity contribution is 0.126. The number of rotatable bonds is 3. The summed E-state index contributed by atoms with van der Waals surface area (Å²) in [6.45, 7) is 4.14. The largest absolute Gasteiger partial charge is 0.487 e. The molecule has 20 heavy (non-hydrogen) atoms. The molecule has 0 radical (unpaired) electrons. The van der Waals surface area contributed by atoms with Gasteiger partial charge in [-0.25, -0.2) is 0 Å². The molecule has 0 aliphatic carbocycles. The second-order valence-electron chi connectivity index (χ2n) is 5.80. The van der Waals surface area contributed by atoms with Gasteiger partial charge in [0.1, 0.15) is 11.4 Å². The lowest BCUT2D eigenvalue weighted by Crippen LogP contribution is -2.25. The number of para-hydroxylation sites is 1. The van der Waals surface area contributed by atoms with Crippen LogP contribution in [0.15, 0.2) is 30.3 Å². The van der Waals surface area contributed by atoms with Crippen molar-refractivity contribution in [3.05, 3.63) is 50.7 Å². The Bertz CT molecular complexity index is 633. The summed E-state index contributed by atoms with van der Waals surface area (Å²) in [6, 6.07) is 9.83. The molecule has 106 valence electrons. The number of halogens is 1. The number of benzene rings is 1. The lowest BCUT2D eigenvalue weighted by Gasteiger charge is -2.19. The van der Waals surface area contributed by atoms with Crippen molar-refractivity contribution < 1.29 is 9.84 Å². The van der Waals surface area contributed by atoms with E-state index in [2.05, 4.69) is 19.9 Å². The van der Waals surface area contributed by atoms with Gasteiger partial charge in [-0.3, -0.25) is 0 Å². The number of fused-ring (bicyclic) bond motifs is 1.